The molecule has 1 aliphatic rings. The van der Waals surface area contributed by atoms with E-state index in [1.807, 2.05) is 27.7 Å². The third-order valence-corrected chi connectivity index (χ3v) is 3.95. The summed E-state index contributed by atoms with van der Waals surface area (Å²) in [6.07, 6.45) is -0.316. The highest BCUT2D eigenvalue weighted by atomic mass is 32.2. The molecule has 1 amide bonds. The fourth-order valence-corrected chi connectivity index (χ4v) is 2.28. The lowest BCUT2D eigenvalue weighted by molar-refractivity contribution is 0.0276. The number of amides is 1. The smallest absolute Gasteiger partial charge is 0.410 e. The number of amidine groups is 1. The average Bonchev–Trinajstić information content (AvgIpc) is 2.37. The topological polar surface area (TPSA) is 71.0 Å². The molecule has 0 saturated carbocycles. The van der Waals surface area contributed by atoms with Crippen molar-refractivity contribution < 1.29 is 13.7 Å². The quantitative estimate of drug-likeness (QED) is 0.841. The van der Waals surface area contributed by atoms with Crippen molar-refractivity contribution in [1.29, 1.82) is 0 Å². The highest BCUT2D eigenvalue weighted by Crippen LogP contribution is 2.10. The number of nitrogens with zero attached hydrogens (tertiary/aromatic N) is 2. The van der Waals surface area contributed by atoms with Crippen LogP contribution in [0, 0.1) is 0 Å². The molecule has 6 nitrogen and oxygen atoms in total. The fraction of sp³-hybridized carbons (Fsp3) is 0.846. The summed E-state index contributed by atoms with van der Waals surface area (Å²) in [5.41, 5.74) is -0.489. The van der Waals surface area contributed by atoms with Gasteiger partial charge in [-0.15, -0.1) is 0 Å². The molecule has 20 heavy (non-hydrogen) atoms. The number of hydrogen-bond donors (Lipinski definition) is 1. The summed E-state index contributed by atoms with van der Waals surface area (Å²) in [7, 11) is -0.785. The van der Waals surface area contributed by atoms with E-state index in [9.17, 15) is 9.00 Å². The number of aliphatic imine (C=N–C) groups is 1. The molecule has 7 heteroatoms. The van der Waals surface area contributed by atoms with E-state index in [0.29, 0.717) is 37.7 Å². The van der Waals surface area contributed by atoms with E-state index >= 15 is 0 Å². The minimum atomic E-state index is -0.785. The summed E-state index contributed by atoms with van der Waals surface area (Å²) in [5.74, 6) is 2.02. The lowest BCUT2D eigenvalue weighted by atomic mass is 10.2. The van der Waals surface area contributed by atoms with Gasteiger partial charge >= 0.3 is 6.09 Å². The summed E-state index contributed by atoms with van der Waals surface area (Å²) in [6, 6.07) is 0. The highest BCUT2D eigenvalue weighted by Gasteiger charge is 2.24. The molecule has 1 aliphatic heterocycles. The Balaban J connectivity index is 2.40. The lowest BCUT2D eigenvalue weighted by Gasteiger charge is -2.29. The zero-order chi connectivity index (χ0) is 15.2. The first-order chi connectivity index (χ1) is 9.31. The monoisotopic (exact) mass is 303 g/mol. The maximum absolute atomic E-state index is 12.0. The zero-order valence-electron chi connectivity index (χ0n) is 12.8. The van der Waals surface area contributed by atoms with Crippen molar-refractivity contribution in [2.45, 2.75) is 33.3 Å². The van der Waals surface area contributed by atoms with Gasteiger partial charge in [-0.2, -0.15) is 0 Å². The van der Waals surface area contributed by atoms with E-state index in [-0.39, 0.29) is 6.09 Å². The molecule has 0 spiro atoms. The number of nitrogens with one attached hydrogen (secondary N) is 1. The van der Waals surface area contributed by atoms with Crippen LogP contribution in [0.5, 0.6) is 0 Å². The molecule has 1 N–H and O–H groups in total. The molecule has 116 valence electrons. The van der Waals surface area contributed by atoms with Gasteiger partial charge in [-0.1, -0.05) is 6.92 Å². The van der Waals surface area contributed by atoms with Crippen LogP contribution in [0.15, 0.2) is 4.99 Å². The Morgan fingerprint density at radius 1 is 1.50 bits per heavy atom. The highest BCUT2D eigenvalue weighted by molar-refractivity contribution is 7.84. The minimum absolute atomic E-state index is 0.316. The second-order valence-corrected chi connectivity index (χ2v) is 7.45. The van der Waals surface area contributed by atoms with Crippen molar-refractivity contribution in [3.05, 3.63) is 0 Å². The molecule has 1 atom stereocenters. The Morgan fingerprint density at radius 2 is 2.20 bits per heavy atom. The molecule has 0 saturated heterocycles. The van der Waals surface area contributed by atoms with Gasteiger partial charge in [0.2, 0.25) is 0 Å². The van der Waals surface area contributed by atoms with Crippen LogP contribution in [0.4, 0.5) is 4.79 Å². The van der Waals surface area contributed by atoms with Crippen LogP contribution in [0.1, 0.15) is 27.7 Å². The largest absolute Gasteiger partial charge is 0.444 e. The van der Waals surface area contributed by atoms with E-state index in [1.54, 1.807) is 4.90 Å². The van der Waals surface area contributed by atoms with Crippen LogP contribution in [0.3, 0.4) is 0 Å². The van der Waals surface area contributed by atoms with E-state index in [2.05, 4.69) is 10.3 Å². The van der Waals surface area contributed by atoms with Gasteiger partial charge < -0.3 is 10.1 Å². The molecule has 0 aromatic rings. The first kappa shape index (κ1) is 16.9. The Labute approximate surface area is 123 Å². The van der Waals surface area contributed by atoms with E-state index in [4.69, 9.17) is 4.74 Å². The molecule has 1 unspecified atom stereocenters. The van der Waals surface area contributed by atoms with E-state index < -0.39 is 16.4 Å². The number of ether oxygens (including phenoxy) is 1. The predicted octanol–water partition coefficient (Wildman–Crippen LogP) is 0.994. The molecule has 1 rings (SSSR count). The molecule has 0 aliphatic carbocycles. The van der Waals surface area contributed by atoms with Crippen LogP contribution >= 0.6 is 0 Å². The van der Waals surface area contributed by atoms with Crippen LogP contribution in [0.2, 0.25) is 0 Å². The van der Waals surface area contributed by atoms with Gasteiger partial charge in [-0.05, 0) is 20.8 Å². The Bertz CT molecular complexity index is 391. The Morgan fingerprint density at radius 3 is 2.80 bits per heavy atom. The summed E-state index contributed by atoms with van der Waals surface area (Å²) < 4.78 is 16.7. The van der Waals surface area contributed by atoms with E-state index in [0.717, 1.165) is 5.84 Å². The first-order valence-corrected chi connectivity index (χ1v) is 8.40. The van der Waals surface area contributed by atoms with Gasteiger partial charge in [0, 0.05) is 35.4 Å². The number of carbonyl (C=O) groups is 1. The van der Waals surface area contributed by atoms with Gasteiger partial charge in [-0.3, -0.25) is 14.1 Å². The second kappa shape index (κ2) is 7.61. The molecular formula is C13H25N3O3S. The standard InChI is InChI=1S/C13H25N3O3S/c1-5-20(18)9-7-15-11-10-16(8-6-14-11)12(17)19-13(2,3)4/h5-10H2,1-4H3,(H,14,15). The van der Waals surface area contributed by atoms with Crippen molar-refractivity contribution in [2.24, 2.45) is 4.99 Å². The Kier molecular flexibility index (Phi) is 6.45. The number of carbonyl (C=O) groups excluding carboxylic acids is 1. The van der Waals surface area contributed by atoms with Crippen molar-refractivity contribution >= 4 is 22.7 Å². The lowest BCUT2D eigenvalue weighted by Crippen LogP contribution is -2.47. The first-order valence-electron chi connectivity index (χ1n) is 6.92. The second-order valence-electron chi connectivity index (χ2n) is 5.59. The zero-order valence-corrected chi connectivity index (χ0v) is 13.6. The maximum atomic E-state index is 12.0. The molecular weight excluding hydrogens is 278 g/mol. The van der Waals surface area contributed by atoms with Crippen LogP contribution in [-0.2, 0) is 15.5 Å². The summed E-state index contributed by atoms with van der Waals surface area (Å²) in [6.45, 7) is 9.62. The molecule has 1 heterocycles. The van der Waals surface area contributed by atoms with Gasteiger partial charge in [0.15, 0.2) is 0 Å². The molecule has 0 fully saturated rings. The van der Waals surface area contributed by atoms with Gasteiger partial charge in [-0.25, -0.2) is 4.79 Å². The predicted molar refractivity (Wildman–Crippen MR) is 81.7 cm³/mol. The number of hydrogen-bond acceptors (Lipinski definition) is 5. The number of rotatable bonds is 4. The molecule has 0 bridgehead atoms. The normalized spacial score (nSPS) is 17.4. The van der Waals surface area contributed by atoms with Gasteiger partial charge in [0.25, 0.3) is 0 Å². The SMILES string of the molecule is CCS(=O)CCNC1=NCCN(C(=O)OC(C)(C)C)C1. The van der Waals surface area contributed by atoms with Crippen molar-refractivity contribution in [3.8, 4) is 0 Å². The average molecular weight is 303 g/mol. The van der Waals surface area contributed by atoms with Crippen molar-refractivity contribution in [3.63, 3.8) is 0 Å². The summed E-state index contributed by atoms with van der Waals surface area (Å²) in [4.78, 5) is 17.9. The Hall–Kier alpha value is -1.11. The van der Waals surface area contributed by atoms with Crippen LogP contribution < -0.4 is 5.32 Å². The minimum Gasteiger partial charge on any atom is -0.444 e. The third kappa shape index (κ3) is 6.36. The van der Waals surface area contributed by atoms with Crippen LogP contribution in [0.25, 0.3) is 0 Å². The van der Waals surface area contributed by atoms with Crippen molar-refractivity contribution in [1.82, 2.24) is 10.2 Å². The van der Waals surface area contributed by atoms with E-state index in [1.165, 1.54) is 0 Å². The van der Waals surface area contributed by atoms with Crippen molar-refractivity contribution in [2.75, 3.05) is 37.7 Å². The molecule has 0 radical (unpaired) electrons. The molecule has 0 aromatic heterocycles. The maximum Gasteiger partial charge on any atom is 0.410 e. The van der Waals surface area contributed by atoms with Gasteiger partial charge in [0.1, 0.15) is 11.4 Å². The summed E-state index contributed by atoms with van der Waals surface area (Å²) >= 11 is 0. The van der Waals surface area contributed by atoms with Gasteiger partial charge in [0.05, 0.1) is 13.1 Å². The summed E-state index contributed by atoms with van der Waals surface area (Å²) in [5, 5.41) is 3.14. The van der Waals surface area contributed by atoms with Crippen LogP contribution in [-0.4, -0.2) is 64.3 Å². The molecule has 0 aromatic carbocycles. The third-order valence-electron chi connectivity index (χ3n) is 2.65. The fourth-order valence-electron chi connectivity index (χ4n) is 1.66.